The number of nitro groups is 1. The van der Waals surface area contributed by atoms with E-state index in [0.717, 1.165) is 18.2 Å². The summed E-state index contributed by atoms with van der Waals surface area (Å²) in [6.07, 6.45) is 0. The molecule has 0 fully saturated rings. The van der Waals surface area contributed by atoms with Crippen LogP contribution in [0.25, 0.3) is 0 Å². The maximum atomic E-state index is 12.0. The molecule has 0 radical (unpaired) electrons. The molecule has 0 aliphatic heterocycles. The maximum absolute atomic E-state index is 12.0. The Hall–Kier alpha value is -1.22. The van der Waals surface area contributed by atoms with Crippen LogP contribution in [-0.2, 0) is 10.0 Å². The van der Waals surface area contributed by atoms with Crippen LogP contribution in [0.1, 0.15) is 13.8 Å². The summed E-state index contributed by atoms with van der Waals surface area (Å²) >= 11 is 5.77. The molecule has 7 nitrogen and oxygen atoms in total. The first kappa shape index (κ1) is 16.8. The fraction of sp³-hybridized carbons (Fsp3) is 0.455. The maximum Gasteiger partial charge on any atom is 0.271 e. The minimum Gasteiger partial charge on any atom is -0.396 e. The van der Waals surface area contributed by atoms with Gasteiger partial charge in [-0.25, -0.2) is 13.1 Å². The summed E-state index contributed by atoms with van der Waals surface area (Å²) in [5, 5.41) is 19.4. The van der Waals surface area contributed by atoms with Gasteiger partial charge in [-0.05, 0) is 6.07 Å². The van der Waals surface area contributed by atoms with Crippen molar-refractivity contribution in [1.82, 2.24) is 4.72 Å². The van der Waals surface area contributed by atoms with Crippen molar-refractivity contribution < 1.29 is 18.4 Å². The van der Waals surface area contributed by atoms with Gasteiger partial charge < -0.3 is 5.11 Å². The van der Waals surface area contributed by atoms with Crippen molar-refractivity contribution in [2.45, 2.75) is 18.7 Å². The molecule has 2 N–H and O–H groups in total. The second-order valence-electron chi connectivity index (χ2n) is 5.02. The predicted octanol–water partition coefficient (Wildman–Crippen LogP) is 1.55. The molecule has 0 bridgehead atoms. The largest absolute Gasteiger partial charge is 0.396 e. The van der Waals surface area contributed by atoms with Crippen LogP contribution in [0.5, 0.6) is 0 Å². The monoisotopic (exact) mass is 322 g/mol. The fourth-order valence-electron chi connectivity index (χ4n) is 1.25. The highest BCUT2D eigenvalue weighted by Gasteiger charge is 2.24. The first-order valence-electron chi connectivity index (χ1n) is 5.63. The van der Waals surface area contributed by atoms with Gasteiger partial charge in [-0.1, -0.05) is 25.4 Å². The molecule has 0 unspecified atom stereocenters. The number of nitro benzene ring substituents is 1. The zero-order valence-corrected chi connectivity index (χ0v) is 12.5. The van der Waals surface area contributed by atoms with Crippen LogP contribution in [0.3, 0.4) is 0 Å². The molecular formula is C11H15ClN2O5S. The second kappa shape index (κ2) is 6.04. The Labute approximate surface area is 121 Å². The van der Waals surface area contributed by atoms with Gasteiger partial charge in [-0.3, -0.25) is 10.1 Å². The van der Waals surface area contributed by atoms with E-state index in [-0.39, 0.29) is 28.8 Å². The molecule has 0 atom stereocenters. The summed E-state index contributed by atoms with van der Waals surface area (Å²) in [6, 6.07) is 3.12. The quantitative estimate of drug-likeness (QED) is 0.610. The zero-order chi connectivity index (χ0) is 15.6. The molecule has 1 aromatic carbocycles. The number of nitrogens with zero attached hydrogens (tertiary/aromatic N) is 1. The zero-order valence-electron chi connectivity index (χ0n) is 11.0. The number of aliphatic hydroxyl groups excluding tert-OH is 1. The molecule has 9 heteroatoms. The van der Waals surface area contributed by atoms with E-state index in [4.69, 9.17) is 16.7 Å². The van der Waals surface area contributed by atoms with Crippen molar-refractivity contribution in [3.63, 3.8) is 0 Å². The summed E-state index contributed by atoms with van der Waals surface area (Å²) in [5.74, 6) is 0. The van der Waals surface area contributed by atoms with Gasteiger partial charge in [0, 0.05) is 30.7 Å². The normalized spacial score (nSPS) is 12.4. The lowest BCUT2D eigenvalue weighted by atomic mass is 9.96. The van der Waals surface area contributed by atoms with Gasteiger partial charge in [0.05, 0.1) is 9.95 Å². The number of sulfonamides is 1. The first-order valence-corrected chi connectivity index (χ1v) is 7.50. The van der Waals surface area contributed by atoms with Crippen molar-refractivity contribution in [1.29, 1.82) is 0 Å². The summed E-state index contributed by atoms with van der Waals surface area (Å²) in [4.78, 5) is 9.66. The van der Waals surface area contributed by atoms with E-state index >= 15 is 0 Å². The van der Waals surface area contributed by atoms with Crippen LogP contribution in [0.4, 0.5) is 5.69 Å². The fourth-order valence-corrected chi connectivity index (χ4v) is 3.02. The van der Waals surface area contributed by atoms with Crippen LogP contribution in [0.2, 0.25) is 5.02 Å². The number of non-ortho nitro benzene ring substituents is 1. The molecule has 0 heterocycles. The van der Waals surface area contributed by atoms with Gasteiger partial charge in [0.1, 0.15) is 4.90 Å². The lowest BCUT2D eigenvalue weighted by Crippen LogP contribution is -2.36. The van der Waals surface area contributed by atoms with E-state index in [1.165, 1.54) is 0 Å². The number of hydrogen-bond acceptors (Lipinski definition) is 5. The molecule has 0 saturated heterocycles. The summed E-state index contributed by atoms with van der Waals surface area (Å²) in [6.45, 7) is 3.20. The molecule has 112 valence electrons. The second-order valence-corrected chi connectivity index (χ2v) is 7.16. The predicted molar refractivity (Wildman–Crippen MR) is 74.2 cm³/mol. The van der Waals surface area contributed by atoms with Crippen molar-refractivity contribution in [3.8, 4) is 0 Å². The molecule has 1 rings (SSSR count). The third kappa shape index (κ3) is 4.14. The van der Waals surface area contributed by atoms with E-state index in [2.05, 4.69) is 4.72 Å². The van der Waals surface area contributed by atoms with Gasteiger partial charge in [-0.2, -0.15) is 0 Å². The molecule has 0 aliphatic rings. The third-order valence-electron chi connectivity index (χ3n) is 2.58. The summed E-state index contributed by atoms with van der Waals surface area (Å²) in [5.41, 5.74) is -0.912. The minimum atomic E-state index is -3.89. The number of benzene rings is 1. The molecule has 0 aromatic heterocycles. The van der Waals surface area contributed by atoms with Gasteiger partial charge >= 0.3 is 0 Å². The van der Waals surface area contributed by atoms with Gasteiger partial charge in [0.25, 0.3) is 5.69 Å². The van der Waals surface area contributed by atoms with Crippen LogP contribution in [0.15, 0.2) is 23.1 Å². The smallest absolute Gasteiger partial charge is 0.271 e. The Kier molecular flexibility index (Phi) is 5.09. The molecule has 1 aromatic rings. The Bertz CT molecular complexity index is 615. The van der Waals surface area contributed by atoms with E-state index in [1.54, 1.807) is 13.8 Å². The number of nitrogens with one attached hydrogen (secondary N) is 1. The average molecular weight is 323 g/mol. The van der Waals surface area contributed by atoms with E-state index in [1.807, 2.05) is 0 Å². The van der Waals surface area contributed by atoms with Gasteiger partial charge in [-0.15, -0.1) is 0 Å². The highest BCUT2D eigenvalue weighted by Crippen LogP contribution is 2.26. The van der Waals surface area contributed by atoms with Gasteiger partial charge in [0.2, 0.25) is 10.0 Å². The van der Waals surface area contributed by atoms with Crippen LogP contribution < -0.4 is 4.72 Å². The highest BCUT2D eigenvalue weighted by atomic mass is 35.5. The van der Waals surface area contributed by atoms with Crippen molar-refractivity contribution in [3.05, 3.63) is 33.3 Å². The molecule has 0 saturated carbocycles. The molecule has 20 heavy (non-hydrogen) atoms. The SMILES string of the molecule is CC(C)(CO)CNS(=O)(=O)c1ccc([N+](=O)[O-])cc1Cl. The Morgan fingerprint density at radius 1 is 1.45 bits per heavy atom. The number of aliphatic hydroxyl groups is 1. The van der Waals surface area contributed by atoms with Crippen molar-refractivity contribution in [2.24, 2.45) is 5.41 Å². The number of rotatable bonds is 6. The average Bonchev–Trinajstić information content (AvgIpc) is 2.36. The highest BCUT2D eigenvalue weighted by molar-refractivity contribution is 7.89. The van der Waals surface area contributed by atoms with Crippen molar-refractivity contribution >= 4 is 27.3 Å². The lowest BCUT2D eigenvalue weighted by molar-refractivity contribution is -0.384. The molecular weight excluding hydrogens is 308 g/mol. The molecule has 0 aliphatic carbocycles. The topological polar surface area (TPSA) is 110 Å². The lowest BCUT2D eigenvalue weighted by Gasteiger charge is -2.21. The Morgan fingerprint density at radius 2 is 2.05 bits per heavy atom. The summed E-state index contributed by atoms with van der Waals surface area (Å²) < 4.78 is 26.4. The summed E-state index contributed by atoms with van der Waals surface area (Å²) in [7, 11) is -3.89. The molecule has 0 spiro atoms. The van der Waals surface area contributed by atoms with E-state index in [9.17, 15) is 18.5 Å². The first-order chi connectivity index (χ1) is 9.09. The Morgan fingerprint density at radius 3 is 2.50 bits per heavy atom. The van der Waals surface area contributed by atoms with Gasteiger partial charge in [0.15, 0.2) is 0 Å². The van der Waals surface area contributed by atoms with Crippen LogP contribution in [-0.4, -0.2) is 31.6 Å². The van der Waals surface area contributed by atoms with Crippen molar-refractivity contribution in [2.75, 3.05) is 13.2 Å². The third-order valence-corrected chi connectivity index (χ3v) is 4.47. The number of halogens is 1. The van der Waals surface area contributed by atoms with Crippen LogP contribution >= 0.6 is 11.6 Å². The van der Waals surface area contributed by atoms with E-state index < -0.39 is 20.4 Å². The van der Waals surface area contributed by atoms with E-state index in [0.29, 0.717) is 0 Å². The minimum absolute atomic E-state index is 0.0130. The van der Waals surface area contributed by atoms with Crippen LogP contribution in [0, 0.1) is 15.5 Å². The molecule has 0 amide bonds. The standard InChI is InChI=1S/C11H15ClN2O5S/c1-11(2,7-15)6-13-20(18,19)10-4-3-8(14(16)17)5-9(10)12/h3-5,13,15H,6-7H2,1-2H3. The number of hydrogen-bond donors (Lipinski definition) is 2. The Balaban J connectivity index is 3.02.